The van der Waals surface area contributed by atoms with Crippen LogP contribution in [0.15, 0.2) is 72.2 Å². The minimum atomic E-state index is -4.71. The third-order valence-corrected chi connectivity index (χ3v) is 5.12. The van der Waals surface area contributed by atoms with Gasteiger partial charge in [0, 0.05) is 11.8 Å². The Bertz CT molecular complexity index is 1150. The molecule has 1 amide bonds. The summed E-state index contributed by atoms with van der Waals surface area (Å²) in [6.45, 7) is 0. The summed E-state index contributed by atoms with van der Waals surface area (Å²) in [7, 11) is 0. The Morgan fingerprint density at radius 3 is 2.37 bits per heavy atom. The number of carbonyl (C=O) groups is 1. The molecule has 0 atom stereocenters. The molecule has 2 aromatic carbocycles. The summed E-state index contributed by atoms with van der Waals surface area (Å²) in [5.41, 5.74) is -0.145. The van der Waals surface area contributed by atoms with E-state index in [1.807, 2.05) is 30.3 Å². The van der Waals surface area contributed by atoms with Crippen LogP contribution in [0.4, 0.5) is 18.9 Å². The van der Waals surface area contributed by atoms with E-state index < -0.39 is 23.5 Å². The van der Waals surface area contributed by atoms with E-state index >= 15 is 0 Å². The lowest BCUT2D eigenvalue weighted by atomic mass is 10.2. The lowest BCUT2D eigenvalue weighted by Crippen LogP contribution is -2.19. The van der Waals surface area contributed by atoms with Gasteiger partial charge in [-0.05, 0) is 17.7 Å². The third-order valence-electron chi connectivity index (χ3n) is 4.27. The second kappa shape index (κ2) is 8.11. The quantitative estimate of drug-likeness (QED) is 0.476. The Labute approximate surface area is 173 Å². The van der Waals surface area contributed by atoms with E-state index in [-0.39, 0.29) is 11.4 Å². The molecule has 4 rings (SSSR count). The number of alkyl halides is 3. The molecule has 5 nitrogen and oxygen atoms in total. The van der Waals surface area contributed by atoms with Gasteiger partial charge in [0.25, 0.3) is 5.91 Å². The van der Waals surface area contributed by atoms with Crippen LogP contribution in [0.3, 0.4) is 0 Å². The number of rotatable bonds is 5. The van der Waals surface area contributed by atoms with Gasteiger partial charge in [-0.3, -0.25) is 4.79 Å². The van der Waals surface area contributed by atoms with Crippen LogP contribution in [-0.4, -0.2) is 20.7 Å². The normalized spacial score (nSPS) is 11.4. The van der Waals surface area contributed by atoms with Gasteiger partial charge >= 0.3 is 6.18 Å². The molecule has 0 saturated heterocycles. The molecule has 9 heteroatoms. The molecule has 0 aliphatic rings. The fraction of sp³-hybridized carbons (Fsp3) is 0.0952. The minimum absolute atomic E-state index is 0.0616. The Morgan fingerprint density at radius 2 is 1.70 bits per heavy atom. The Balaban J connectivity index is 1.57. The van der Waals surface area contributed by atoms with Crippen LogP contribution in [0.25, 0.3) is 5.69 Å². The molecule has 0 saturated carbocycles. The first-order valence-electron chi connectivity index (χ1n) is 8.92. The van der Waals surface area contributed by atoms with Crippen LogP contribution in [0.5, 0.6) is 0 Å². The molecule has 0 bridgehead atoms. The van der Waals surface area contributed by atoms with Crippen molar-refractivity contribution >= 4 is 22.9 Å². The number of amides is 1. The van der Waals surface area contributed by atoms with E-state index in [9.17, 15) is 18.0 Å². The minimum Gasteiger partial charge on any atom is -0.317 e. The summed E-state index contributed by atoms with van der Waals surface area (Å²) in [4.78, 5) is 16.8. The van der Waals surface area contributed by atoms with Crippen LogP contribution in [0.1, 0.15) is 26.8 Å². The van der Waals surface area contributed by atoms with E-state index in [0.717, 1.165) is 16.4 Å². The van der Waals surface area contributed by atoms with Crippen molar-refractivity contribution in [1.82, 2.24) is 14.8 Å². The van der Waals surface area contributed by atoms with Crippen LogP contribution >= 0.6 is 11.3 Å². The predicted octanol–water partition coefficient (Wildman–Crippen LogP) is 5.19. The van der Waals surface area contributed by atoms with Gasteiger partial charge in [0.05, 0.1) is 22.6 Å². The van der Waals surface area contributed by atoms with Gasteiger partial charge in [0.15, 0.2) is 5.69 Å². The van der Waals surface area contributed by atoms with Crippen molar-refractivity contribution in [3.63, 3.8) is 0 Å². The maximum atomic E-state index is 13.7. The van der Waals surface area contributed by atoms with Crippen molar-refractivity contribution in [1.29, 1.82) is 0 Å². The van der Waals surface area contributed by atoms with Crippen LogP contribution < -0.4 is 5.32 Å². The van der Waals surface area contributed by atoms with E-state index in [1.54, 1.807) is 18.2 Å². The van der Waals surface area contributed by atoms with E-state index in [2.05, 4.69) is 15.4 Å². The highest BCUT2D eigenvalue weighted by Gasteiger charge is 2.39. The molecular weight excluding hydrogens is 413 g/mol. The summed E-state index contributed by atoms with van der Waals surface area (Å²) in [6.07, 6.45) is -3.18. The molecule has 0 radical (unpaired) electrons. The summed E-state index contributed by atoms with van der Waals surface area (Å²) in [6, 6.07) is 17.5. The highest BCUT2D eigenvalue weighted by molar-refractivity contribution is 7.09. The molecule has 0 unspecified atom stereocenters. The highest BCUT2D eigenvalue weighted by atomic mass is 32.1. The van der Waals surface area contributed by atoms with E-state index in [4.69, 9.17) is 0 Å². The average Bonchev–Trinajstić information content (AvgIpc) is 3.36. The second-order valence-corrected chi connectivity index (χ2v) is 7.34. The number of anilines is 1. The van der Waals surface area contributed by atoms with E-state index in [1.165, 1.54) is 28.8 Å². The highest BCUT2D eigenvalue weighted by Crippen LogP contribution is 2.36. The molecule has 0 aliphatic heterocycles. The van der Waals surface area contributed by atoms with Crippen molar-refractivity contribution in [3.05, 3.63) is 94.2 Å². The predicted molar refractivity (Wildman–Crippen MR) is 108 cm³/mol. The standard InChI is InChI=1S/C21H15F3N4OS/c22-21(23,24)19-16(12-25-28(19)15-9-5-2-6-10-15)27-20(29)17-13-30-18(26-17)11-14-7-3-1-4-8-14/h1-10,12-13H,11H2,(H,27,29). The number of para-hydroxylation sites is 1. The van der Waals surface area contributed by atoms with Crippen molar-refractivity contribution in [2.75, 3.05) is 5.32 Å². The van der Waals surface area contributed by atoms with Crippen LogP contribution in [0, 0.1) is 0 Å². The summed E-state index contributed by atoms with van der Waals surface area (Å²) in [5, 5.41) is 8.35. The van der Waals surface area contributed by atoms with Gasteiger partial charge in [-0.25, -0.2) is 9.67 Å². The van der Waals surface area contributed by atoms with Gasteiger partial charge in [0.2, 0.25) is 0 Å². The maximum absolute atomic E-state index is 13.7. The largest absolute Gasteiger partial charge is 0.435 e. The molecule has 0 aliphatic carbocycles. The van der Waals surface area contributed by atoms with Crippen LogP contribution in [0.2, 0.25) is 0 Å². The fourth-order valence-corrected chi connectivity index (χ4v) is 3.74. The van der Waals surface area contributed by atoms with Crippen molar-refractivity contribution < 1.29 is 18.0 Å². The molecular formula is C21H15F3N4OS. The number of thiazole rings is 1. The smallest absolute Gasteiger partial charge is 0.317 e. The zero-order valence-corrected chi connectivity index (χ0v) is 16.2. The topological polar surface area (TPSA) is 59.8 Å². The first-order chi connectivity index (χ1) is 14.4. The van der Waals surface area contributed by atoms with Gasteiger partial charge in [-0.1, -0.05) is 48.5 Å². The summed E-state index contributed by atoms with van der Waals surface area (Å²) in [5.74, 6) is -0.719. The molecule has 0 spiro atoms. The number of nitrogens with one attached hydrogen (secondary N) is 1. The summed E-state index contributed by atoms with van der Waals surface area (Å²) >= 11 is 1.28. The molecule has 2 aromatic heterocycles. The Hall–Kier alpha value is -3.46. The van der Waals surface area contributed by atoms with Gasteiger partial charge < -0.3 is 5.32 Å². The molecule has 2 heterocycles. The number of benzene rings is 2. The van der Waals surface area contributed by atoms with Crippen molar-refractivity contribution in [2.45, 2.75) is 12.6 Å². The van der Waals surface area contributed by atoms with Crippen molar-refractivity contribution in [3.8, 4) is 5.69 Å². The second-order valence-electron chi connectivity index (χ2n) is 6.39. The Morgan fingerprint density at radius 1 is 1.03 bits per heavy atom. The van der Waals surface area contributed by atoms with E-state index in [0.29, 0.717) is 11.4 Å². The molecule has 0 fully saturated rings. The van der Waals surface area contributed by atoms with Gasteiger partial charge in [0.1, 0.15) is 5.69 Å². The SMILES string of the molecule is O=C(Nc1cnn(-c2ccccc2)c1C(F)(F)F)c1csc(Cc2ccccc2)n1. The van der Waals surface area contributed by atoms with Gasteiger partial charge in [-0.2, -0.15) is 18.3 Å². The van der Waals surface area contributed by atoms with Gasteiger partial charge in [-0.15, -0.1) is 11.3 Å². The summed E-state index contributed by atoms with van der Waals surface area (Å²) < 4.78 is 41.9. The monoisotopic (exact) mass is 428 g/mol. The lowest BCUT2D eigenvalue weighted by molar-refractivity contribution is -0.142. The number of hydrogen-bond donors (Lipinski definition) is 1. The molecule has 30 heavy (non-hydrogen) atoms. The first kappa shape index (κ1) is 19.8. The lowest BCUT2D eigenvalue weighted by Gasteiger charge is -2.12. The number of aromatic nitrogens is 3. The maximum Gasteiger partial charge on any atom is 0.435 e. The zero-order chi connectivity index (χ0) is 21.1. The fourth-order valence-electron chi connectivity index (χ4n) is 2.93. The molecule has 1 N–H and O–H groups in total. The van der Waals surface area contributed by atoms with Crippen molar-refractivity contribution in [2.24, 2.45) is 0 Å². The molecule has 152 valence electrons. The average molecular weight is 428 g/mol. The number of nitrogens with zero attached hydrogens (tertiary/aromatic N) is 3. The first-order valence-corrected chi connectivity index (χ1v) is 9.80. The number of carbonyl (C=O) groups excluding carboxylic acids is 1. The molecule has 4 aromatic rings. The van der Waals surface area contributed by atoms with Crippen LogP contribution in [-0.2, 0) is 12.6 Å². The number of halogens is 3. The number of hydrogen-bond acceptors (Lipinski definition) is 4. The zero-order valence-electron chi connectivity index (χ0n) is 15.4. The Kier molecular flexibility index (Phi) is 5.37. The third kappa shape index (κ3) is 4.25.